The molecule has 2 rings (SSSR count). The second-order valence-electron chi connectivity index (χ2n) is 7.05. The first kappa shape index (κ1) is 19.8. The smallest absolute Gasteiger partial charge is 0.319 e. The van der Waals surface area contributed by atoms with Crippen LogP contribution in [-0.4, -0.2) is 34.6 Å². The van der Waals surface area contributed by atoms with Crippen molar-refractivity contribution in [3.05, 3.63) is 47.5 Å². The number of urea groups is 1. The highest BCUT2D eigenvalue weighted by Gasteiger charge is 2.26. The van der Waals surface area contributed by atoms with Gasteiger partial charge in [0.1, 0.15) is 0 Å². The van der Waals surface area contributed by atoms with Crippen LogP contribution in [0.4, 0.5) is 10.5 Å². The SMILES string of the molecule is CNC(=O)c1cc(NC(=O)NC(Cn2ccnc2)C(C)(C)C)ccc1Cl. The largest absolute Gasteiger partial charge is 0.355 e. The third-order valence-electron chi connectivity index (χ3n) is 4.00. The van der Waals surface area contributed by atoms with Gasteiger partial charge < -0.3 is 20.5 Å². The summed E-state index contributed by atoms with van der Waals surface area (Å²) in [6, 6.07) is 4.30. The molecule has 1 aromatic heterocycles. The maximum atomic E-state index is 12.5. The van der Waals surface area contributed by atoms with Crippen LogP contribution in [0.3, 0.4) is 0 Å². The monoisotopic (exact) mass is 377 g/mol. The Morgan fingerprint density at radius 2 is 2.04 bits per heavy atom. The number of halogens is 1. The van der Waals surface area contributed by atoms with E-state index in [4.69, 9.17) is 11.6 Å². The van der Waals surface area contributed by atoms with Crippen molar-refractivity contribution >= 4 is 29.2 Å². The van der Waals surface area contributed by atoms with E-state index in [1.165, 1.54) is 7.05 Å². The minimum absolute atomic E-state index is 0.123. The molecule has 140 valence electrons. The van der Waals surface area contributed by atoms with E-state index in [1.807, 2.05) is 10.8 Å². The lowest BCUT2D eigenvalue weighted by Crippen LogP contribution is -2.47. The average Bonchev–Trinajstić information content (AvgIpc) is 3.07. The molecule has 0 fully saturated rings. The molecule has 0 aliphatic rings. The maximum absolute atomic E-state index is 12.5. The Morgan fingerprint density at radius 1 is 1.31 bits per heavy atom. The number of nitrogens with zero attached hydrogens (tertiary/aromatic N) is 2. The van der Waals surface area contributed by atoms with Crippen LogP contribution in [0.5, 0.6) is 0 Å². The van der Waals surface area contributed by atoms with Gasteiger partial charge in [-0.1, -0.05) is 32.4 Å². The van der Waals surface area contributed by atoms with E-state index in [0.717, 1.165) is 0 Å². The van der Waals surface area contributed by atoms with Crippen molar-refractivity contribution in [2.45, 2.75) is 33.4 Å². The summed E-state index contributed by atoms with van der Waals surface area (Å²) in [6.45, 7) is 6.77. The normalized spacial score (nSPS) is 12.3. The number of rotatable bonds is 5. The second-order valence-corrected chi connectivity index (χ2v) is 7.46. The van der Waals surface area contributed by atoms with Gasteiger partial charge in [0.05, 0.1) is 23.0 Å². The summed E-state index contributed by atoms with van der Waals surface area (Å²) in [5.41, 5.74) is 0.632. The Balaban J connectivity index is 2.09. The molecular formula is C18H24ClN5O2. The van der Waals surface area contributed by atoms with E-state index in [1.54, 1.807) is 30.7 Å². The first-order valence-corrected chi connectivity index (χ1v) is 8.63. The summed E-state index contributed by atoms with van der Waals surface area (Å²) in [6.07, 6.45) is 5.27. The van der Waals surface area contributed by atoms with Crippen LogP contribution in [0.2, 0.25) is 5.02 Å². The Bertz CT molecular complexity index is 768. The Labute approximate surface area is 158 Å². The van der Waals surface area contributed by atoms with Gasteiger partial charge in [0, 0.05) is 31.7 Å². The van der Waals surface area contributed by atoms with Crippen LogP contribution in [0.25, 0.3) is 0 Å². The third kappa shape index (κ3) is 5.23. The fourth-order valence-electron chi connectivity index (χ4n) is 2.38. The highest BCUT2D eigenvalue weighted by atomic mass is 35.5. The molecule has 0 aliphatic heterocycles. The zero-order valence-corrected chi connectivity index (χ0v) is 16.1. The Kier molecular flexibility index (Phi) is 6.26. The summed E-state index contributed by atoms with van der Waals surface area (Å²) in [5.74, 6) is -0.313. The molecule has 1 atom stereocenters. The molecule has 26 heavy (non-hydrogen) atoms. The van der Waals surface area contributed by atoms with Crippen molar-refractivity contribution in [3.63, 3.8) is 0 Å². The number of imidazole rings is 1. The quantitative estimate of drug-likeness (QED) is 0.747. The second kappa shape index (κ2) is 8.23. The van der Waals surface area contributed by atoms with E-state index >= 15 is 0 Å². The van der Waals surface area contributed by atoms with Crippen LogP contribution in [0.15, 0.2) is 36.9 Å². The average molecular weight is 378 g/mol. The van der Waals surface area contributed by atoms with E-state index in [2.05, 4.69) is 41.7 Å². The molecule has 0 saturated heterocycles. The zero-order chi connectivity index (χ0) is 19.3. The molecule has 0 aliphatic carbocycles. The number of benzene rings is 1. The van der Waals surface area contributed by atoms with Crippen LogP contribution in [0.1, 0.15) is 31.1 Å². The third-order valence-corrected chi connectivity index (χ3v) is 4.33. The molecule has 7 nitrogen and oxygen atoms in total. The van der Waals surface area contributed by atoms with Crippen molar-refractivity contribution in [3.8, 4) is 0 Å². The molecule has 8 heteroatoms. The van der Waals surface area contributed by atoms with Gasteiger partial charge in [-0.2, -0.15) is 0 Å². The fourth-order valence-corrected chi connectivity index (χ4v) is 2.58. The number of anilines is 1. The summed E-state index contributed by atoms with van der Waals surface area (Å²) < 4.78 is 1.92. The lowest BCUT2D eigenvalue weighted by atomic mass is 9.86. The number of carbonyl (C=O) groups is 2. The van der Waals surface area contributed by atoms with Gasteiger partial charge in [-0.05, 0) is 23.6 Å². The van der Waals surface area contributed by atoms with Crippen LogP contribution >= 0.6 is 11.6 Å². The lowest BCUT2D eigenvalue weighted by Gasteiger charge is -2.31. The maximum Gasteiger partial charge on any atom is 0.319 e. The number of aromatic nitrogens is 2. The molecule has 1 aromatic carbocycles. The van der Waals surface area contributed by atoms with Crippen LogP contribution in [0, 0.1) is 5.41 Å². The zero-order valence-electron chi connectivity index (χ0n) is 15.3. The molecular weight excluding hydrogens is 354 g/mol. The Hall–Kier alpha value is -2.54. The minimum atomic E-state index is -0.352. The van der Waals surface area contributed by atoms with Crippen molar-refractivity contribution in [1.82, 2.24) is 20.2 Å². The number of amides is 3. The van der Waals surface area contributed by atoms with E-state index in [0.29, 0.717) is 22.8 Å². The van der Waals surface area contributed by atoms with E-state index in [-0.39, 0.29) is 23.4 Å². The fraction of sp³-hybridized carbons (Fsp3) is 0.389. The minimum Gasteiger partial charge on any atom is -0.355 e. The van der Waals surface area contributed by atoms with Crippen molar-refractivity contribution in [1.29, 1.82) is 0 Å². The number of hydrogen-bond donors (Lipinski definition) is 3. The predicted octanol–water partition coefficient (Wildman–Crippen LogP) is 3.13. The molecule has 0 radical (unpaired) electrons. The van der Waals surface area contributed by atoms with Gasteiger partial charge in [0.25, 0.3) is 5.91 Å². The van der Waals surface area contributed by atoms with E-state index < -0.39 is 0 Å². The standard InChI is InChI=1S/C18H24ClN5O2/c1-18(2,3)15(10-24-8-7-21-11-24)23-17(26)22-12-5-6-14(19)13(9-12)16(25)20-4/h5-9,11,15H,10H2,1-4H3,(H,20,25)(H2,22,23,26). The summed E-state index contributed by atoms with van der Waals surface area (Å²) in [4.78, 5) is 28.3. The molecule has 3 amide bonds. The molecule has 0 spiro atoms. The Morgan fingerprint density at radius 3 is 2.62 bits per heavy atom. The van der Waals surface area contributed by atoms with Crippen LogP contribution < -0.4 is 16.0 Å². The number of carbonyl (C=O) groups excluding carboxylic acids is 2. The van der Waals surface area contributed by atoms with Crippen molar-refractivity contribution in [2.24, 2.45) is 5.41 Å². The van der Waals surface area contributed by atoms with Gasteiger partial charge in [-0.3, -0.25) is 4.79 Å². The first-order chi connectivity index (χ1) is 12.2. The van der Waals surface area contributed by atoms with Gasteiger partial charge >= 0.3 is 6.03 Å². The summed E-state index contributed by atoms with van der Waals surface area (Å²) in [5, 5.41) is 8.59. The highest BCUT2D eigenvalue weighted by molar-refractivity contribution is 6.34. The highest BCUT2D eigenvalue weighted by Crippen LogP contribution is 2.22. The molecule has 0 saturated carbocycles. The van der Waals surface area contributed by atoms with Gasteiger partial charge in [-0.25, -0.2) is 9.78 Å². The van der Waals surface area contributed by atoms with Crippen molar-refractivity contribution in [2.75, 3.05) is 12.4 Å². The van der Waals surface area contributed by atoms with Crippen LogP contribution in [-0.2, 0) is 6.54 Å². The van der Waals surface area contributed by atoms with Gasteiger partial charge in [0.2, 0.25) is 0 Å². The molecule has 3 N–H and O–H groups in total. The number of hydrogen-bond acceptors (Lipinski definition) is 3. The predicted molar refractivity (Wildman–Crippen MR) is 102 cm³/mol. The van der Waals surface area contributed by atoms with Crippen molar-refractivity contribution < 1.29 is 9.59 Å². The molecule has 0 bridgehead atoms. The molecule has 2 aromatic rings. The topological polar surface area (TPSA) is 88.0 Å². The van der Waals surface area contributed by atoms with E-state index in [9.17, 15) is 9.59 Å². The number of nitrogens with one attached hydrogen (secondary N) is 3. The first-order valence-electron chi connectivity index (χ1n) is 8.25. The molecule has 1 heterocycles. The van der Waals surface area contributed by atoms with Gasteiger partial charge in [0.15, 0.2) is 0 Å². The lowest BCUT2D eigenvalue weighted by molar-refractivity contribution is 0.0963. The molecule has 1 unspecified atom stereocenters. The van der Waals surface area contributed by atoms with Gasteiger partial charge in [-0.15, -0.1) is 0 Å². The summed E-state index contributed by atoms with van der Waals surface area (Å²) in [7, 11) is 1.52. The summed E-state index contributed by atoms with van der Waals surface area (Å²) >= 11 is 6.03.